The minimum atomic E-state index is -1.26. The van der Waals surface area contributed by atoms with E-state index in [-0.39, 0.29) is 29.6 Å². The normalized spacial score (nSPS) is 18.6. The zero-order chi connectivity index (χ0) is 33.7. The van der Waals surface area contributed by atoms with Gasteiger partial charge in [-0.2, -0.15) is 9.97 Å². The summed E-state index contributed by atoms with van der Waals surface area (Å²) in [6.45, 7) is 4.42. The minimum Gasteiger partial charge on any atom is -0.463 e. The van der Waals surface area contributed by atoms with Crippen molar-refractivity contribution in [2.75, 3.05) is 16.8 Å². The molecule has 16 heteroatoms. The first-order valence-electron chi connectivity index (χ1n) is 14.3. The Morgan fingerprint density at radius 2 is 1.43 bits per heavy atom. The summed E-state index contributed by atoms with van der Waals surface area (Å²) < 4.78 is 29.3. The Kier molecular flexibility index (Phi) is 9.70. The van der Waals surface area contributed by atoms with Crippen molar-refractivity contribution < 1.29 is 47.7 Å². The highest BCUT2D eigenvalue weighted by molar-refractivity contribution is 5.98. The lowest BCUT2D eigenvalue weighted by atomic mass is 10.1. The van der Waals surface area contributed by atoms with E-state index in [1.54, 1.807) is 60.7 Å². The SMILES string of the molecule is CC(=O)Nc1nc(OC(=O)N(c2ccccc2)c2ccccc2)c2ncn([C@@H]3O[C@H](COC(C)=O)C(OC(C)=O)C3OC(C)=O)c2n1. The Morgan fingerprint density at radius 3 is 1.98 bits per heavy atom. The van der Waals surface area contributed by atoms with Crippen molar-refractivity contribution in [2.24, 2.45) is 0 Å². The van der Waals surface area contributed by atoms with Gasteiger partial charge in [-0.05, 0) is 24.3 Å². The fourth-order valence-electron chi connectivity index (χ4n) is 4.92. The van der Waals surface area contributed by atoms with Crippen LogP contribution in [0.4, 0.5) is 22.1 Å². The van der Waals surface area contributed by atoms with Gasteiger partial charge < -0.3 is 23.7 Å². The third kappa shape index (κ3) is 7.50. The molecule has 47 heavy (non-hydrogen) atoms. The average molecular weight is 647 g/mol. The number of anilines is 3. The number of imidazole rings is 1. The first-order valence-corrected chi connectivity index (χ1v) is 14.3. The number of carbonyl (C=O) groups excluding carboxylic acids is 5. The molecular formula is C31H30N6O10. The number of para-hydroxylation sites is 2. The van der Waals surface area contributed by atoms with E-state index in [4.69, 9.17) is 23.7 Å². The van der Waals surface area contributed by atoms with Crippen molar-refractivity contribution in [1.82, 2.24) is 19.5 Å². The van der Waals surface area contributed by atoms with Crippen LogP contribution in [-0.4, -0.2) is 74.3 Å². The molecule has 0 saturated carbocycles. The number of carbonyl (C=O) groups is 5. The van der Waals surface area contributed by atoms with Crippen molar-refractivity contribution in [3.05, 3.63) is 67.0 Å². The molecule has 0 aliphatic carbocycles. The summed E-state index contributed by atoms with van der Waals surface area (Å²) in [5, 5.41) is 2.47. The number of nitrogens with zero attached hydrogens (tertiary/aromatic N) is 5. The molecule has 4 aromatic rings. The van der Waals surface area contributed by atoms with Crippen molar-refractivity contribution in [2.45, 2.75) is 52.2 Å². The molecule has 2 amide bonds. The molecule has 4 atom stereocenters. The summed E-state index contributed by atoms with van der Waals surface area (Å²) in [5.41, 5.74) is 0.974. The van der Waals surface area contributed by atoms with Gasteiger partial charge >= 0.3 is 24.0 Å². The van der Waals surface area contributed by atoms with E-state index < -0.39 is 54.4 Å². The smallest absolute Gasteiger partial charge is 0.425 e. The summed E-state index contributed by atoms with van der Waals surface area (Å²) in [6, 6.07) is 17.5. The van der Waals surface area contributed by atoms with Crippen LogP contribution in [0.3, 0.4) is 0 Å². The maximum absolute atomic E-state index is 13.8. The van der Waals surface area contributed by atoms with Crippen LogP contribution in [-0.2, 0) is 38.1 Å². The number of esters is 3. The first-order chi connectivity index (χ1) is 22.5. The van der Waals surface area contributed by atoms with Gasteiger partial charge in [-0.25, -0.2) is 14.7 Å². The highest BCUT2D eigenvalue weighted by Gasteiger charge is 2.51. The largest absolute Gasteiger partial charge is 0.463 e. The Bertz CT molecular complexity index is 1760. The quantitative estimate of drug-likeness (QED) is 0.206. The number of fused-ring (bicyclic) bond motifs is 1. The molecule has 1 saturated heterocycles. The number of ether oxygens (including phenoxy) is 5. The van der Waals surface area contributed by atoms with Crippen LogP contribution in [0.2, 0.25) is 0 Å². The lowest BCUT2D eigenvalue weighted by Crippen LogP contribution is -2.40. The van der Waals surface area contributed by atoms with Gasteiger partial charge in [0.05, 0.1) is 17.7 Å². The molecule has 16 nitrogen and oxygen atoms in total. The van der Waals surface area contributed by atoms with Gasteiger partial charge in [0.1, 0.15) is 12.7 Å². The summed E-state index contributed by atoms with van der Waals surface area (Å²) >= 11 is 0. The van der Waals surface area contributed by atoms with E-state index >= 15 is 0 Å². The summed E-state index contributed by atoms with van der Waals surface area (Å²) in [4.78, 5) is 75.9. The molecule has 2 aromatic heterocycles. The first kappa shape index (κ1) is 32.5. The van der Waals surface area contributed by atoms with Crippen LogP contribution >= 0.6 is 0 Å². The second kappa shape index (κ2) is 14.0. The predicted octanol–water partition coefficient (Wildman–Crippen LogP) is 3.45. The van der Waals surface area contributed by atoms with Crippen molar-refractivity contribution in [1.29, 1.82) is 0 Å². The Morgan fingerprint density at radius 1 is 0.830 bits per heavy atom. The molecule has 1 aliphatic rings. The molecule has 1 fully saturated rings. The highest BCUT2D eigenvalue weighted by Crippen LogP contribution is 2.37. The van der Waals surface area contributed by atoms with E-state index in [1.807, 2.05) is 0 Å². The fraction of sp³-hybridized carbons (Fsp3) is 0.290. The number of hydrogen-bond donors (Lipinski definition) is 1. The van der Waals surface area contributed by atoms with Gasteiger partial charge in [0.2, 0.25) is 11.9 Å². The zero-order valence-electron chi connectivity index (χ0n) is 25.7. The fourth-order valence-corrected chi connectivity index (χ4v) is 4.92. The third-order valence-electron chi connectivity index (χ3n) is 6.69. The van der Waals surface area contributed by atoms with Crippen LogP contribution in [0.1, 0.15) is 33.9 Å². The Balaban J connectivity index is 1.58. The Labute approximate surface area is 267 Å². The molecule has 1 aliphatic heterocycles. The van der Waals surface area contributed by atoms with E-state index in [2.05, 4.69) is 20.3 Å². The van der Waals surface area contributed by atoms with E-state index in [0.29, 0.717) is 11.4 Å². The van der Waals surface area contributed by atoms with Crippen LogP contribution in [0, 0.1) is 0 Å². The molecule has 2 aromatic carbocycles. The van der Waals surface area contributed by atoms with Crippen molar-refractivity contribution in [3.63, 3.8) is 0 Å². The van der Waals surface area contributed by atoms with E-state index in [0.717, 1.165) is 13.8 Å². The Hall–Kier alpha value is -5.90. The van der Waals surface area contributed by atoms with E-state index in [9.17, 15) is 24.0 Å². The summed E-state index contributed by atoms with van der Waals surface area (Å²) in [7, 11) is 0. The topological polar surface area (TPSA) is 190 Å². The van der Waals surface area contributed by atoms with Crippen LogP contribution in [0.25, 0.3) is 11.2 Å². The van der Waals surface area contributed by atoms with Gasteiger partial charge in [-0.3, -0.25) is 29.1 Å². The van der Waals surface area contributed by atoms with Gasteiger partial charge in [-0.15, -0.1) is 0 Å². The van der Waals surface area contributed by atoms with E-state index in [1.165, 1.54) is 29.6 Å². The molecule has 0 radical (unpaired) electrons. The molecule has 244 valence electrons. The average Bonchev–Trinajstić information content (AvgIpc) is 3.57. The van der Waals surface area contributed by atoms with Crippen LogP contribution < -0.4 is 15.0 Å². The minimum absolute atomic E-state index is 0.00520. The van der Waals surface area contributed by atoms with Gasteiger partial charge in [0, 0.05) is 27.7 Å². The number of amides is 2. The molecule has 0 spiro atoms. The molecule has 2 unspecified atom stereocenters. The van der Waals surface area contributed by atoms with Crippen LogP contribution in [0.15, 0.2) is 67.0 Å². The number of hydrogen-bond acceptors (Lipinski definition) is 13. The van der Waals surface area contributed by atoms with Gasteiger partial charge in [0.15, 0.2) is 29.6 Å². The molecule has 3 heterocycles. The number of rotatable bonds is 9. The number of aromatic nitrogens is 4. The highest BCUT2D eigenvalue weighted by atomic mass is 16.7. The maximum atomic E-state index is 13.8. The molecular weight excluding hydrogens is 616 g/mol. The summed E-state index contributed by atoms with van der Waals surface area (Å²) in [5.74, 6) is -3.11. The zero-order valence-corrected chi connectivity index (χ0v) is 25.7. The maximum Gasteiger partial charge on any atom is 0.425 e. The lowest BCUT2D eigenvalue weighted by Gasteiger charge is -2.24. The second-order valence-electron chi connectivity index (χ2n) is 10.2. The standard InChI is InChI=1S/C31H30N6O10/c1-17(38)33-30-34-27-24(28(35-30)47-31(42)37(21-11-7-5-8-12-21)22-13-9-6-10-14-22)32-16-36(27)29-26(45-20(4)41)25(44-19(3)40)23(46-29)15-43-18(2)39/h5-14,16,23,25-26,29H,15H2,1-4H3,(H,33,34,35,38)/t23-,25?,26?,29-/m1/s1. The molecule has 0 bridgehead atoms. The van der Waals surface area contributed by atoms with Crippen molar-refractivity contribution in [3.8, 4) is 5.88 Å². The van der Waals surface area contributed by atoms with Crippen LogP contribution in [0.5, 0.6) is 5.88 Å². The number of nitrogens with one attached hydrogen (secondary N) is 1. The molecule has 5 rings (SSSR count). The monoisotopic (exact) mass is 646 g/mol. The summed E-state index contributed by atoms with van der Waals surface area (Å²) in [6.07, 6.45) is -4.34. The number of benzene rings is 2. The van der Waals surface area contributed by atoms with Gasteiger partial charge in [-0.1, -0.05) is 36.4 Å². The third-order valence-corrected chi connectivity index (χ3v) is 6.69. The van der Waals surface area contributed by atoms with Crippen molar-refractivity contribution >= 4 is 58.4 Å². The van der Waals surface area contributed by atoms with Gasteiger partial charge in [0.25, 0.3) is 5.88 Å². The lowest BCUT2D eigenvalue weighted by molar-refractivity contribution is -0.166. The molecule has 1 N–H and O–H groups in total. The second-order valence-corrected chi connectivity index (χ2v) is 10.2. The predicted molar refractivity (Wildman–Crippen MR) is 162 cm³/mol.